The number of hydrogen-bond acceptors (Lipinski definition) is 4. The minimum Gasteiger partial charge on any atom is -0.392 e. The van der Waals surface area contributed by atoms with Crippen molar-refractivity contribution in [1.29, 1.82) is 0 Å². The SMILES string of the molecule is O=S(=O)(Cc1ccc(CO)cc1)C[C@@H](O)C1CCCCC1. The number of hydrogen-bond donors (Lipinski definition) is 2. The maximum atomic E-state index is 12.2. The van der Waals surface area contributed by atoms with Gasteiger partial charge in [0.25, 0.3) is 0 Å². The van der Waals surface area contributed by atoms with Gasteiger partial charge in [-0.3, -0.25) is 0 Å². The van der Waals surface area contributed by atoms with Crippen molar-refractivity contribution in [3.8, 4) is 0 Å². The number of sulfone groups is 1. The van der Waals surface area contributed by atoms with Crippen LogP contribution in [0.25, 0.3) is 0 Å². The van der Waals surface area contributed by atoms with Crippen LogP contribution in [0.4, 0.5) is 0 Å². The molecule has 0 radical (unpaired) electrons. The summed E-state index contributed by atoms with van der Waals surface area (Å²) in [6.45, 7) is -0.0482. The first-order valence-electron chi connectivity index (χ1n) is 7.57. The lowest BCUT2D eigenvalue weighted by molar-refractivity contribution is 0.103. The van der Waals surface area contributed by atoms with Gasteiger partial charge in [0.15, 0.2) is 9.84 Å². The fourth-order valence-electron chi connectivity index (χ4n) is 2.97. The summed E-state index contributed by atoms with van der Waals surface area (Å²) < 4.78 is 24.4. The molecule has 1 aliphatic carbocycles. The first-order chi connectivity index (χ1) is 10.00. The molecule has 1 atom stereocenters. The van der Waals surface area contributed by atoms with Gasteiger partial charge in [-0.25, -0.2) is 8.42 Å². The van der Waals surface area contributed by atoms with Crippen molar-refractivity contribution in [3.63, 3.8) is 0 Å². The highest BCUT2D eigenvalue weighted by Gasteiger charge is 2.26. The number of aliphatic hydroxyl groups excluding tert-OH is 2. The largest absolute Gasteiger partial charge is 0.392 e. The predicted octanol–water partition coefficient (Wildman–Crippen LogP) is 2.03. The lowest BCUT2D eigenvalue weighted by Gasteiger charge is -2.26. The third kappa shape index (κ3) is 5.09. The molecule has 1 aliphatic rings. The Morgan fingerprint density at radius 2 is 1.62 bits per heavy atom. The van der Waals surface area contributed by atoms with Crippen molar-refractivity contribution in [2.24, 2.45) is 5.92 Å². The van der Waals surface area contributed by atoms with Gasteiger partial charge in [-0.1, -0.05) is 43.5 Å². The van der Waals surface area contributed by atoms with E-state index in [9.17, 15) is 13.5 Å². The van der Waals surface area contributed by atoms with Crippen LogP contribution in [0.5, 0.6) is 0 Å². The summed E-state index contributed by atoms with van der Waals surface area (Å²) in [5.74, 6) is -0.0765. The standard InChI is InChI=1S/C16H24O4S/c17-10-13-6-8-14(9-7-13)11-21(19,20)12-16(18)15-4-2-1-3-5-15/h6-9,15-18H,1-5,10-12H2/t16-/m1/s1. The first-order valence-corrected chi connectivity index (χ1v) is 9.39. The molecule has 0 spiro atoms. The highest BCUT2D eigenvalue weighted by molar-refractivity contribution is 7.90. The van der Waals surface area contributed by atoms with Gasteiger partial charge < -0.3 is 10.2 Å². The van der Waals surface area contributed by atoms with Gasteiger partial charge in [0.2, 0.25) is 0 Å². The summed E-state index contributed by atoms with van der Waals surface area (Å²) in [5, 5.41) is 19.1. The summed E-state index contributed by atoms with van der Waals surface area (Å²) >= 11 is 0. The van der Waals surface area contributed by atoms with E-state index in [1.165, 1.54) is 6.42 Å². The Morgan fingerprint density at radius 3 is 2.19 bits per heavy atom. The van der Waals surface area contributed by atoms with E-state index in [0.717, 1.165) is 31.2 Å². The second-order valence-electron chi connectivity index (χ2n) is 5.99. The minimum absolute atomic E-state index is 0.0482. The van der Waals surface area contributed by atoms with E-state index >= 15 is 0 Å². The molecule has 1 saturated carbocycles. The van der Waals surface area contributed by atoms with E-state index in [2.05, 4.69) is 0 Å². The van der Waals surface area contributed by atoms with Crippen LogP contribution in [0.1, 0.15) is 43.2 Å². The molecule has 21 heavy (non-hydrogen) atoms. The van der Waals surface area contributed by atoms with Crippen molar-refractivity contribution in [1.82, 2.24) is 0 Å². The Morgan fingerprint density at radius 1 is 1.05 bits per heavy atom. The summed E-state index contributed by atoms with van der Waals surface area (Å²) in [6.07, 6.45) is 4.48. The van der Waals surface area contributed by atoms with Crippen LogP contribution < -0.4 is 0 Å². The normalized spacial score (nSPS) is 18.6. The van der Waals surface area contributed by atoms with Gasteiger partial charge in [-0.2, -0.15) is 0 Å². The molecule has 2 rings (SSSR count). The molecular formula is C16H24O4S. The Balaban J connectivity index is 1.93. The molecule has 0 unspecified atom stereocenters. The monoisotopic (exact) mass is 312 g/mol. The molecule has 0 amide bonds. The zero-order chi connectivity index (χ0) is 15.3. The van der Waals surface area contributed by atoms with Crippen LogP contribution >= 0.6 is 0 Å². The maximum absolute atomic E-state index is 12.2. The Hall–Kier alpha value is -0.910. The smallest absolute Gasteiger partial charge is 0.156 e. The van der Waals surface area contributed by atoms with Gasteiger partial charge >= 0.3 is 0 Å². The fourth-order valence-corrected chi connectivity index (χ4v) is 4.58. The van der Waals surface area contributed by atoms with E-state index in [1.54, 1.807) is 24.3 Å². The molecule has 0 heterocycles. The summed E-state index contributed by atoms with van der Waals surface area (Å²) in [6, 6.07) is 6.89. The predicted molar refractivity (Wildman–Crippen MR) is 82.4 cm³/mol. The minimum atomic E-state index is -3.32. The van der Waals surface area contributed by atoms with Crippen molar-refractivity contribution in [3.05, 3.63) is 35.4 Å². The highest BCUT2D eigenvalue weighted by atomic mass is 32.2. The van der Waals surface area contributed by atoms with Crippen LogP contribution in [0.15, 0.2) is 24.3 Å². The molecule has 0 saturated heterocycles. The average molecular weight is 312 g/mol. The zero-order valence-electron chi connectivity index (χ0n) is 12.2. The van der Waals surface area contributed by atoms with Crippen LogP contribution in [-0.4, -0.2) is 30.5 Å². The van der Waals surface area contributed by atoms with Gasteiger partial charge in [0.1, 0.15) is 0 Å². The summed E-state index contributed by atoms with van der Waals surface area (Å²) in [4.78, 5) is 0. The van der Waals surface area contributed by atoms with E-state index in [0.29, 0.717) is 5.56 Å². The molecule has 0 bridgehead atoms. The second kappa shape index (κ2) is 7.38. The van der Waals surface area contributed by atoms with Crippen molar-refractivity contribution in [2.45, 2.75) is 50.6 Å². The van der Waals surface area contributed by atoms with E-state index < -0.39 is 15.9 Å². The molecule has 4 nitrogen and oxygen atoms in total. The number of rotatable bonds is 6. The molecular weight excluding hydrogens is 288 g/mol. The average Bonchev–Trinajstić information content (AvgIpc) is 2.48. The van der Waals surface area contributed by atoms with Crippen LogP contribution in [0.2, 0.25) is 0 Å². The molecule has 118 valence electrons. The van der Waals surface area contributed by atoms with Gasteiger partial charge in [-0.15, -0.1) is 0 Å². The molecule has 2 N–H and O–H groups in total. The summed E-state index contributed by atoms with van der Waals surface area (Å²) in [7, 11) is -3.32. The van der Waals surface area contributed by atoms with Crippen molar-refractivity contribution < 1.29 is 18.6 Å². The third-order valence-electron chi connectivity index (χ3n) is 4.21. The first kappa shape index (κ1) is 16.5. The van der Waals surface area contributed by atoms with E-state index in [4.69, 9.17) is 5.11 Å². The van der Waals surface area contributed by atoms with Crippen LogP contribution in [0.3, 0.4) is 0 Å². The summed E-state index contributed by atoms with van der Waals surface area (Å²) in [5.41, 5.74) is 1.46. The van der Waals surface area contributed by atoms with E-state index in [1.807, 2.05) is 0 Å². The topological polar surface area (TPSA) is 74.6 Å². The van der Waals surface area contributed by atoms with Crippen LogP contribution in [0, 0.1) is 5.92 Å². The maximum Gasteiger partial charge on any atom is 0.156 e. The molecule has 1 aromatic rings. The highest BCUT2D eigenvalue weighted by Crippen LogP contribution is 2.27. The number of benzene rings is 1. The molecule has 5 heteroatoms. The molecule has 0 aliphatic heterocycles. The van der Waals surface area contributed by atoms with Crippen LogP contribution in [-0.2, 0) is 22.2 Å². The quantitative estimate of drug-likeness (QED) is 0.843. The van der Waals surface area contributed by atoms with Gasteiger partial charge in [-0.05, 0) is 29.9 Å². The Labute approximate surface area is 126 Å². The molecule has 0 aromatic heterocycles. The van der Waals surface area contributed by atoms with Gasteiger partial charge in [0.05, 0.1) is 24.2 Å². The van der Waals surface area contributed by atoms with Crippen molar-refractivity contribution >= 4 is 9.84 Å². The Kier molecular flexibility index (Phi) is 5.79. The lowest BCUT2D eigenvalue weighted by Crippen LogP contribution is -2.30. The third-order valence-corrected chi connectivity index (χ3v) is 5.83. The van der Waals surface area contributed by atoms with Crippen molar-refractivity contribution in [2.75, 3.05) is 5.75 Å². The fraction of sp³-hybridized carbons (Fsp3) is 0.625. The van der Waals surface area contributed by atoms with E-state index in [-0.39, 0.29) is 24.0 Å². The molecule has 1 aromatic carbocycles. The lowest BCUT2D eigenvalue weighted by atomic mass is 9.86. The molecule has 1 fully saturated rings. The second-order valence-corrected chi connectivity index (χ2v) is 8.10. The zero-order valence-corrected chi connectivity index (χ0v) is 13.1. The number of aliphatic hydroxyl groups is 2. The Bertz CT molecular complexity index is 530. The van der Waals surface area contributed by atoms with Gasteiger partial charge in [0, 0.05) is 0 Å².